The second-order valence-corrected chi connectivity index (χ2v) is 6.23. The molecule has 0 N–H and O–H groups in total. The zero-order valence-corrected chi connectivity index (χ0v) is 14.7. The van der Waals surface area contributed by atoms with Gasteiger partial charge in [0.15, 0.2) is 6.29 Å². The summed E-state index contributed by atoms with van der Waals surface area (Å²) in [6.45, 7) is 5.61. The van der Waals surface area contributed by atoms with Crippen molar-refractivity contribution in [1.29, 1.82) is 0 Å². The maximum absolute atomic E-state index is 13.5. The number of hydrogen-bond donors (Lipinski definition) is 0. The number of aromatic nitrogens is 1. The van der Waals surface area contributed by atoms with Gasteiger partial charge in [0.05, 0.1) is 14.3 Å². The number of benzene rings is 1. The van der Waals surface area contributed by atoms with Gasteiger partial charge in [0.2, 0.25) is 0 Å². The summed E-state index contributed by atoms with van der Waals surface area (Å²) < 4.78 is 15.2. The average molecular weight is 433 g/mol. The number of halogens is 3. The van der Waals surface area contributed by atoms with Crippen molar-refractivity contribution in [1.82, 2.24) is 4.57 Å². The van der Waals surface area contributed by atoms with E-state index in [0.717, 1.165) is 6.07 Å². The molecule has 0 saturated carbocycles. The molecule has 3 nitrogen and oxygen atoms in total. The molecule has 0 amide bonds. The van der Waals surface area contributed by atoms with Crippen LogP contribution in [-0.2, 0) is 12.8 Å². The Balaban J connectivity index is 2.85. The number of rotatable bonds is 4. The minimum Gasteiger partial charge on any atom is -0.298 e. The van der Waals surface area contributed by atoms with Gasteiger partial charge in [0.25, 0.3) is 5.56 Å². The molecule has 2 rings (SSSR count). The molecule has 2 aromatic rings. The van der Waals surface area contributed by atoms with E-state index in [1.807, 2.05) is 29.5 Å². The topological polar surface area (TPSA) is 39.1 Å². The zero-order chi connectivity index (χ0) is 16.4. The highest BCUT2D eigenvalue weighted by atomic mass is 127. The fourth-order valence-corrected chi connectivity index (χ4v) is 3.05. The Hall–Kier alpha value is -1.21. The lowest BCUT2D eigenvalue weighted by atomic mass is 10.00. The second kappa shape index (κ2) is 6.91. The molecule has 1 aromatic carbocycles. The fourth-order valence-electron chi connectivity index (χ4n) is 2.36. The summed E-state index contributed by atoms with van der Waals surface area (Å²) in [7, 11) is 0. The van der Waals surface area contributed by atoms with Crippen LogP contribution in [0.4, 0.5) is 4.39 Å². The summed E-state index contributed by atoms with van der Waals surface area (Å²) in [5.74, 6) is -0.455. The number of nitrogens with zero attached hydrogens (tertiary/aromatic N) is 1. The summed E-state index contributed by atoms with van der Waals surface area (Å²) in [6.07, 6.45) is 2.95. The Morgan fingerprint density at radius 1 is 1.41 bits per heavy atom. The van der Waals surface area contributed by atoms with Crippen LogP contribution in [0.5, 0.6) is 0 Å². The standard InChI is InChI=1S/C16H13ClFINO2/c1-3-10-9(8-21)7-20(16(22)11(10)4-2)15-6-14(19)13(18)5-12(15)17/h5-8H,1,3-4H2,2H3. The van der Waals surface area contributed by atoms with E-state index in [4.69, 9.17) is 11.6 Å². The quantitative estimate of drug-likeness (QED) is 0.416. The largest absolute Gasteiger partial charge is 0.298 e. The number of hydrogen-bond acceptors (Lipinski definition) is 2. The van der Waals surface area contributed by atoms with Crippen LogP contribution >= 0.6 is 34.2 Å². The molecule has 6 heteroatoms. The third-order valence-electron chi connectivity index (χ3n) is 3.44. The SMILES string of the molecule is [CH2]Cc1c(C=O)cn(-c2cc(I)c(F)cc2Cl)c(=O)c1CC. The molecular weight excluding hydrogens is 420 g/mol. The van der Waals surface area contributed by atoms with Crippen LogP contribution in [-0.4, -0.2) is 10.9 Å². The van der Waals surface area contributed by atoms with Gasteiger partial charge in [-0.3, -0.25) is 14.2 Å². The Kier molecular flexibility index (Phi) is 5.39. The van der Waals surface area contributed by atoms with Crippen molar-refractivity contribution in [2.75, 3.05) is 0 Å². The normalized spacial score (nSPS) is 10.8. The van der Waals surface area contributed by atoms with Gasteiger partial charge in [-0.2, -0.15) is 0 Å². The van der Waals surface area contributed by atoms with Gasteiger partial charge in [0.1, 0.15) is 5.82 Å². The molecule has 0 saturated heterocycles. The highest BCUT2D eigenvalue weighted by Crippen LogP contribution is 2.25. The Bertz CT molecular complexity index is 802. The summed E-state index contributed by atoms with van der Waals surface area (Å²) >= 11 is 7.90. The van der Waals surface area contributed by atoms with Crippen LogP contribution in [0.1, 0.15) is 28.4 Å². The van der Waals surface area contributed by atoms with Crippen molar-refractivity contribution in [2.45, 2.75) is 19.8 Å². The highest BCUT2D eigenvalue weighted by molar-refractivity contribution is 14.1. The number of aldehydes is 1. The smallest absolute Gasteiger partial charge is 0.258 e. The van der Waals surface area contributed by atoms with Crippen molar-refractivity contribution < 1.29 is 9.18 Å². The van der Waals surface area contributed by atoms with Crippen molar-refractivity contribution >= 4 is 40.5 Å². The molecule has 0 fully saturated rings. The molecule has 0 unspecified atom stereocenters. The maximum atomic E-state index is 13.5. The van der Waals surface area contributed by atoms with Crippen LogP contribution in [0.3, 0.4) is 0 Å². The lowest BCUT2D eigenvalue weighted by Gasteiger charge is -2.15. The van der Waals surface area contributed by atoms with Crippen LogP contribution < -0.4 is 5.56 Å². The molecule has 1 heterocycles. The second-order valence-electron chi connectivity index (χ2n) is 4.66. The third kappa shape index (κ3) is 2.96. The fraction of sp³-hybridized carbons (Fsp3) is 0.188. The van der Waals surface area contributed by atoms with Gasteiger partial charge in [-0.15, -0.1) is 0 Å². The monoisotopic (exact) mass is 432 g/mol. The molecule has 0 spiro atoms. The van der Waals surface area contributed by atoms with Gasteiger partial charge in [-0.25, -0.2) is 4.39 Å². The maximum Gasteiger partial charge on any atom is 0.258 e. The predicted octanol–water partition coefficient (Wildman–Crippen LogP) is 3.99. The third-order valence-corrected chi connectivity index (χ3v) is 4.57. The molecule has 22 heavy (non-hydrogen) atoms. The van der Waals surface area contributed by atoms with Gasteiger partial charge < -0.3 is 0 Å². The van der Waals surface area contributed by atoms with Crippen molar-refractivity contribution in [2.24, 2.45) is 0 Å². The lowest BCUT2D eigenvalue weighted by molar-refractivity contribution is 0.112. The van der Waals surface area contributed by atoms with Gasteiger partial charge in [-0.05, 0) is 60.1 Å². The van der Waals surface area contributed by atoms with Crippen LogP contribution in [0.25, 0.3) is 5.69 Å². The van der Waals surface area contributed by atoms with Gasteiger partial charge in [0, 0.05) is 17.3 Å². The van der Waals surface area contributed by atoms with Crippen LogP contribution in [0.2, 0.25) is 5.02 Å². The molecule has 0 aliphatic rings. The zero-order valence-electron chi connectivity index (χ0n) is 11.8. The van der Waals surface area contributed by atoms with E-state index in [0.29, 0.717) is 45.1 Å². The van der Waals surface area contributed by atoms with E-state index < -0.39 is 5.82 Å². The molecule has 0 aliphatic carbocycles. The average Bonchev–Trinajstić information content (AvgIpc) is 2.50. The summed E-state index contributed by atoms with van der Waals surface area (Å²) in [5.41, 5.74) is 1.64. The van der Waals surface area contributed by atoms with Crippen LogP contribution in [0.15, 0.2) is 23.1 Å². The van der Waals surface area contributed by atoms with E-state index >= 15 is 0 Å². The Labute approximate surface area is 146 Å². The first-order valence-corrected chi connectivity index (χ1v) is 8.07. The number of carbonyl (C=O) groups is 1. The minimum atomic E-state index is -0.455. The predicted molar refractivity (Wildman–Crippen MR) is 93.6 cm³/mol. The minimum absolute atomic E-state index is 0.112. The molecular formula is C16H13ClFINO2. The van der Waals surface area contributed by atoms with Gasteiger partial charge in [-0.1, -0.05) is 18.5 Å². The molecule has 0 atom stereocenters. The van der Waals surface area contributed by atoms with Crippen LogP contribution in [0, 0.1) is 16.3 Å². The van der Waals surface area contributed by atoms with E-state index in [2.05, 4.69) is 6.92 Å². The Morgan fingerprint density at radius 3 is 2.64 bits per heavy atom. The van der Waals surface area contributed by atoms with E-state index in [9.17, 15) is 14.0 Å². The first-order chi connectivity index (χ1) is 10.4. The number of pyridine rings is 1. The summed E-state index contributed by atoms with van der Waals surface area (Å²) in [4.78, 5) is 24.0. The summed E-state index contributed by atoms with van der Waals surface area (Å²) in [6, 6.07) is 2.64. The number of carbonyl (C=O) groups excluding carboxylic acids is 1. The van der Waals surface area contributed by atoms with Crippen molar-refractivity contribution in [3.63, 3.8) is 0 Å². The molecule has 0 aliphatic heterocycles. The van der Waals surface area contributed by atoms with Crippen molar-refractivity contribution in [3.05, 3.63) is 66.7 Å². The van der Waals surface area contributed by atoms with Crippen molar-refractivity contribution in [3.8, 4) is 5.69 Å². The molecule has 0 bridgehead atoms. The molecule has 1 radical (unpaired) electrons. The lowest BCUT2D eigenvalue weighted by Crippen LogP contribution is -2.25. The Morgan fingerprint density at radius 2 is 2.09 bits per heavy atom. The van der Waals surface area contributed by atoms with E-state index in [1.54, 1.807) is 0 Å². The summed E-state index contributed by atoms with van der Waals surface area (Å²) in [5, 5.41) is 0.112. The first kappa shape index (κ1) is 17.1. The first-order valence-electron chi connectivity index (χ1n) is 6.61. The van der Waals surface area contributed by atoms with Gasteiger partial charge >= 0.3 is 0 Å². The molecule has 1 aromatic heterocycles. The van der Waals surface area contributed by atoms with E-state index in [1.165, 1.54) is 16.8 Å². The molecule has 115 valence electrons. The van der Waals surface area contributed by atoms with E-state index in [-0.39, 0.29) is 10.6 Å². The highest BCUT2D eigenvalue weighted by Gasteiger charge is 2.16.